The SMILES string of the molecule is O=C(Nc1ccccc1)[C@]1(O)Cc2cc(Br)ccc2C1=O. The van der Waals surface area contributed by atoms with Crippen molar-refractivity contribution in [2.75, 3.05) is 5.32 Å². The number of rotatable bonds is 2. The largest absolute Gasteiger partial charge is 0.373 e. The molecule has 21 heavy (non-hydrogen) atoms. The Morgan fingerprint density at radius 3 is 2.62 bits per heavy atom. The van der Waals surface area contributed by atoms with Crippen LogP contribution in [0.2, 0.25) is 0 Å². The second-order valence-corrected chi connectivity index (χ2v) is 5.90. The van der Waals surface area contributed by atoms with Crippen molar-refractivity contribution in [1.82, 2.24) is 0 Å². The van der Waals surface area contributed by atoms with Gasteiger partial charge in [0.25, 0.3) is 5.91 Å². The summed E-state index contributed by atoms with van der Waals surface area (Å²) in [6, 6.07) is 13.8. The van der Waals surface area contributed by atoms with Gasteiger partial charge >= 0.3 is 0 Å². The third kappa shape index (κ3) is 2.39. The van der Waals surface area contributed by atoms with Gasteiger partial charge in [-0.1, -0.05) is 34.1 Å². The molecule has 0 aliphatic heterocycles. The average molecular weight is 346 g/mol. The Morgan fingerprint density at radius 1 is 1.19 bits per heavy atom. The second-order valence-electron chi connectivity index (χ2n) is 4.99. The van der Waals surface area contributed by atoms with Crippen LogP contribution in [0.4, 0.5) is 5.69 Å². The van der Waals surface area contributed by atoms with Crippen LogP contribution in [-0.2, 0) is 11.2 Å². The van der Waals surface area contributed by atoms with Gasteiger partial charge in [-0.3, -0.25) is 9.59 Å². The number of para-hydroxylation sites is 1. The van der Waals surface area contributed by atoms with Gasteiger partial charge in [-0.15, -0.1) is 0 Å². The number of hydrogen-bond acceptors (Lipinski definition) is 3. The van der Waals surface area contributed by atoms with Crippen LogP contribution in [0.25, 0.3) is 0 Å². The molecule has 1 aliphatic carbocycles. The molecule has 106 valence electrons. The van der Waals surface area contributed by atoms with Crippen molar-refractivity contribution in [3.63, 3.8) is 0 Å². The predicted octanol–water partition coefficient (Wildman–Crippen LogP) is 2.56. The van der Waals surface area contributed by atoms with Crippen molar-refractivity contribution in [2.24, 2.45) is 0 Å². The molecule has 2 N–H and O–H groups in total. The Kier molecular flexibility index (Phi) is 3.39. The van der Waals surface area contributed by atoms with E-state index >= 15 is 0 Å². The van der Waals surface area contributed by atoms with Crippen molar-refractivity contribution in [3.05, 3.63) is 64.1 Å². The van der Waals surface area contributed by atoms with Crippen molar-refractivity contribution >= 4 is 33.3 Å². The Hall–Kier alpha value is -1.98. The summed E-state index contributed by atoms with van der Waals surface area (Å²) in [6.07, 6.45) is -0.0146. The van der Waals surface area contributed by atoms with Gasteiger partial charge in [0.15, 0.2) is 0 Å². The van der Waals surface area contributed by atoms with Crippen molar-refractivity contribution in [1.29, 1.82) is 0 Å². The highest BCUT2D eigenvalue weighted by Gasteiger charge is 2.50. The Labute approximate surface area is 129 Å². The highest BCUT2D eigenvalue weighted by atomic mass is 79.9. The molecule has 0 spiro atoms. The Bertz CT molecular complexity index is 730. The third-order valence-corrected chi connectivity index (χ3v) is 4.03. The summed E-state index contributed by atoms with van der Waals surface area (Å²) >= 11 is 3.32. The molecule has 1 atom stereocenters. The number of fused-ring (bicyclic) bond motifs is 1. The van der Waals surface area contributed by atoms with Crippen LogP contribution < -0.4 is 5.32 Å². The van der Waals surface area contributed by atoms with Crippen LogP contribution in [0.3, 0.4) is 0 Å². The van der Waals surface area contributed by atoms with Gasteiger partial charge < -0.3 is 10.4 Å². The first-order valence-corrected chi connectivity index (χ1v) is 7.22. The molecule has 0 aromatic heterocycles. The lowest BCUT2D eigenvalue weighted by Crippen LogP contribution is -2.48. The molecule has 5 heteroatoms. The molecule has 0 unspecified atom stereocenters. The lowest BCUT2D eigenvalue weighted by Gasteiger charge is -2.19. The van der Waals surface area contributed by atoms with Gasteiger partial charge in [-0.25, -0.2) is 0 Å². The Balaban J connectivity index is 1.89. The maximum absolute atomic E-state index is 12.3. The van der Waals surface area contributed by atoms with E-state index in [0.717, 1.165) is 4.47 Å². The monoisotopic (exact) mass is 345 g/mol. The molecule has 0 heterocycles. The van der Waals surface area contributed by atoms with Crippen LogP contribution >= 0.6 is 15.9 Å². The standard InChI is InChI=1S/C16H12BrNO3/c17-11-6-7-13-10(8-11)9-16(21,14(13)19)15(20)18-12-4-2-1-3-5-12/h1-8,21H,9H2,(H,18,20)/t16-/m0/s1. The molecule has 0 fully saturated rings. The summed E-state index contributed by atoms with van der Waals surface area (Å²) in [4.78, 5) is 24.6. The van der Waals surface area contributed by atoms with E-state index in [1.165, 1.54) is 0 Å². The topological polar surface area (TPSA) is 66.4 Å². The number of benzene rings is 2. The zero-order valence-corrected chi connectivity index (χ0v) is 12.6. The highest BCUT2D eigenvalue weighted by molar-refractivity contribution is 9.10. The number of nitrogens with one attached hydrogen (secondary N) is 1. The number of hydrogen-bond donors (Lipinski definition) is 2. The quantitative estimate of drug-likeness (QED) is 0.822. The van der Waals surface area contributed by atoms with E-state index in [0.29, 0.717) is 16.8 Å². The number of amides is 1. The number of halogens is 1. The summed E-state index contributed by atoms with van der Waals surface area (Å²) < 4.78 is 0.807. The molecule has 2 aromatic rings. The summed E-state index contributed by atoms with van der Waals surface area (Å²) in [5.74, 6) is -1.26. The van der Waals surface area contributed by atoms with E-state index in [4.69, 9.17) is 0 Å². The number of anilines is 1. The van der Waals surface area contributed by atoms with E-state index in [-0.39, 0.29) is 6.42 Å². The van der Waals surface area contributed by atoms with Gasteiger partial charge in [0.2, 0.25) is 11.4 Å². The van der Waals surface area contributed by atoms with Crippen LogP contribution in [0, 0.1) is 0 Å². The van der Waals surface area contributed by atoms with E-state index in [2.05, 4.69) is 21.2 Å². The molecule has 0 radical (unpaired) electrons. The molecule has 1 amide bonds. The van der Waals surface area contributed by atoms with E-state index in [1.807, 2.05) is 6.07 Å². The number of ketones is 1. The molecule has 0 saturated heterocycles. The van der Waals surface area contributed by atoms with Gasteiger partial charge in [0, 0.05) is 22.1 Å². The predicted molar refractivity (Wildman–Crippen MR) is 82.2 cm³/mol. The minimum absolute atomic E-state index is 0.0146. The molecule has 2 aromatic carbocycles. The molecule has 0 saturated carbocycles. The number of carbonyl (C=O) groups is 2. The summed E-state index contributed by atoms with van der Waals surface area (Å²) in [5, 5.41) is 13.1. The van der Waals surface area contributed by atoms with Crippen molar-refractivity contribution < 1.29 is 14.7 Å². The van der Waals surface area contributed by atoms with E-state index in [1.54, 1.807) is 42.5 Å². The minimum Gasteiger partial charge on any atom is -0.373 e. The average Bonchev–Trinajstić information content (AvgIpc) is 2.72. The maximum atomic E-state index is 12.3. The number of Topliss-reactive ketones (excluding diaryl/α,β-unsaturated/α-hetero) is 1. The zero-order valence-electron chi connectivity index (χ0n) is 11.0. The number of aliphatic hydroxyl groups is 1. The fourth-order valence-electron chi connectivity index (χ4n) is 2.45. The zero-order chi connectivity index (χ0) is 15.0. The van der Waals surface area contributed by atoms with Crippen molar-refractivity contribution in [3.8, 4) is 0 Å². The summed E-state index contributed by atoms with van der Waals surface area (Å²) in [7, 11) is 0. The fraction of sp³-hybridized carbons (Fsp3) is 0.125. The van der Waals surface area contributed by atoms with Crippen LogP contribution in [0.1, 0.15) is 15.9 Å². The van der Waals surface area contributed by atoms with E-state index in [9.17, 15) is 14.7 Å². The molecule has 0 bridgehead atoms. The van der Waals surface area contributed by atoms with Crippen molar-refractivity contribution in [2.45, 2.75) is 12.0 Å². The molecule has 1 aliphatic rings. The maximum Gasteiger partial charge on any atom is 0.264 e. The molecular formula is C16H12BrNO3. The molecular weight excluding hydrogens is 334 g/mol. The smallest absolute Gasteiger partial charge is 0.264 e. The first-order chi connectivity index (χ1) is 10.0. The molecule has 4 nitrogen and oxygen atoms in total. The normalized spacial score (nSPS) is 20.2. The second kappa shape index (κ2) is 5.09. The minimum atomic E-state index is -2.04. The van der Waals surface area contributed by atoms with Gasteiger partial charge in [0.05, 0.1) is 0 Å². The fourth-order valence-corrected chi connectivity index (χ4v) is 2.86. The highest BCUT2D eigenvalue weighted by Crippen LogP contribution is 2.33. The van der Waals surface area contributed by atoms with Gasteiger partial charge in [0.1, 0.15) is 0 Å². The first-order valence-electron chi connectivity index (χ1n) is 6.43. The Morgan fingerprint density at radius 2 is 1.90 bits per heavy atom. The van der Waals surface area contributed by atoms with Crippen LogP contribution in [-0.4, -0.2) is 22.4 Å². The van der Waals surface area contributed by atoms with E-state index < -0.39 is 17.3 Å². The van der Waals surface area contributed by atoms with Crippen LogP contribution in [0.15, 0.2) is 53.0 Å². The molecule has 3 rings (SSSR count). The lowest BCUT2D eigenvalue weighted by molar-refractivity contribution is -0.129. The third-order valence-electron chi connectivity index (χ3n) is 3.54. The summed E-state index contributed by atoms with van der Waals surface area (Å²) in [6.45, 7) is 0. The first kappa shape index (κ1) is 14.0. The van der Waals surface area contributed by atoms with Crippen LogP contribution in [0.5, 0.6) is 0 Å². The lowest BCUT2D eigenvalue weighted by atomic mass is 9.98. The van der Waals surface area contributed by atoms with Gasteiger partial charge in [-0.05, 0) is 35.9 Å². The number of carbonyl (C=O) groups excluding carboxylic acids is 2. The summed E-state index contributed by atoms with van der Waals surface area (Å²) in [5.41, 5.74) is -0.441. The van der Waals surface area contributed by atoms with Gasteiger partial charge in [-0.2, -0.15) is 0 Å².